The maximum absolute atomic E-state index is 12.2. The molecule has 0 radical (unpaired) electrons. The Morgan fingerprint density at radius 2 is 2.00 bits per heavy atom. The number of halogens is 1. The van der Waals surface area contributed by atoms with Gasteiger partial charge in [-0.1, -0.05) is 40.2 Å². The largest absolute Gasteiger partial charge is 0.506 e. The van der Waals surface area contributed by atoms with Gasteiger partial charge >= 0.3 is 0 Å². The fraction of sp³-hybridized carbons (Fsp3) is 0. The minimum Gasteiger partial charge on any atom is -0.506 e. The molecule has 3 rings (SSSR count). The van der Waals surface area contributed by atoms with Gasteiger partial charge in [-0.05, 0) is 29.8 Å². The summed E-state index contributed by atoms with van der Waals surface area (Å²) in [6.07, 6.45) is 1.44. The Morgan fingerprint density at radius 3 is 2.79 bits per heavy atom. The van der Waals surface area contributed by atoms with Crippen LogP contribution in [0.2, 0.25) is 0 Å². The molecule has 2 aromatic carbocycles. The van der Waals surface area contributed by atoms with Crippen molar-refractivity contribution in [2.75, 3.05) is 0 Å². The number of hydrogen-bond acceptors (Lipinski definition) is 4. The SMILES string of the molecule is O=C(NN=Cc1cccc(Br)c1)c1c(O)c2ccccc2[nH]c1=O. The molecule has 0 aliphatic rings. The molecule has 0 aliphatic carbocycles. The molecule has 1 heterocycles. The van der Waals surface area contributed by atoms with E-state index in [4.69, 9.17) is 0 Å². The van der Waals surface area contributed by atoms with Crippen molar-refractivity contribution >= 4 is 39.0 Å². The molecular weight excluding hydrogens is 374 g/mol. The molecule has 1 aromatic heterocycles. The second kappa shape index (κ2) is 6.67. The molecule has 24 heavy (non-hydrogen) atoms. The molecule has 0 bridgehead atoms. The number of para-hydroxylation sites is 1. The van der Waals surface area contributed by atoms with Crippen LogP contribution in [0.1, 0.15) is 15.9 Å². The number of H-pyrrole nitrogens is 1. The standard InChI is InChI=1S/C17H12BrN3O3/c18-11-5-3-4-10(8-11)9-19-21-17(24)14-15(22)12-6-1-2-7-13(12)20-16(14)23/h1-9H,(H,21,24)(H2,20,22,23). The number of nitrogens with zero attached hydrogens (tertiary/aromatic N) is 1. The van der Waals surface area contributed by atoms with Crippen molar-refractivity contribution in [3.63, 3.8) is 0 Å². The summed E-state index contributed by atoms with van der Waals surface area (Å²) in [6.45, 7) is 0. The third-order valence-electron chi connectivity index (χ3n) is 3.35. The van der Waals surface area contributed by atoms with Crippen molar-refractivity contribution in [2.45, 2.75) is 0 Å². The highest BCUT2D eigenvalue weighted by molar-refractivity contribution is 9.10. The molecule has 0 saturated heterocycles. The Labute approximate surface area is 145 Å². The number of pyridine rings is 1. The van der Waals surface area contributed by atoms with E-state index in [9.17, 15) is 14.7 Å². The molecule has 0 atom stereocenters. The molecule has 0 fully saturated rings. The van der Waals surface area contributed by atoms with Gasteiger partial charge in [0.15, 0.2) is 0 Å². The number of aromatic hydroxyl groups is 1. The first-order valence-corrected chi connectivity index (χ1v) is 7.78. The number of nitrogens with one attached hydrogen (secondary N) is 2. The van der Waals surface area contributed by atoms with Gasteiger partial charge < -0.3 is 10.1 Å². The lowest BCUT2D eigenvalue weighted by molar-refractivity contribution is 0.0951. The average Bonchev–Trinajstić information content (AvgIpc) is 2.55. The van der Waals surface area contributed by atoms with Crippen LogP contribution in [0.4, 0.5) is 0 Å². The van der Waals surface area contributed by atoms with Crippen molar-refractivity contribution in [1.82, 2.24) is 10.4 Å². The summed E-state index contributed by atoms with van der Waals surface area (Å²) in [6, 6.07) is 14.0. The van der Waals surface area contributed by atoms with Crippen molar-refractivity contribution in [3.8, 4) is 5.75 Å². The van der Waals surface area contributed by atoms with E-state index in [-0.39, 0.29) is 11.3 Å². The van der Waals surface area contributed by atoms with Crippen LogP contribution in [0.25, 0.3) is 10.9 Å². The highest BCUT2D eigenvalue weighted by atomic mass is 79.9. The summed E-state index contributed by atoms with van der Waals surface area (Å²) in [7, 11) is 0. The van der Waals surface area contributed by atoms with Crippen LogP contribution in [0.5, 0.6) is 5.75 Å². The van der Waals surface area contributed by atoms with E-state index in [2.05, 4.69) is 31.4 Å². The van der Waals surface area contributed by atoms with E-state index in [0.29, 0.717) is 10.9 Å². The van der Waals surface area contributed by atoms with Crippen molar-refractivity contribution < 1.29 is 9.90 Å². The maximum atomic E-state index is 12.2. The van der Waals surface area contributed by atoms with E-state index in [1.54, 1.807) is 30.3 Å². The maximum Gasteiger partial charge on any atom is 0.280 e. The minimum atomic E-state index is -0.786. The summed E-state index contributed by atoms with van der Waals surface area (Å²) < 4.78 is 0.876. The minimum absolute atomic E-state index is 0.371. The van der Waals surface area contributed by atoms with Crippen LogP contribution in [0.3, 0.4) is 0 Å². The number of hydrogen-bond donors (Lipinski definition) is 3. The number of amides is 1. The summed E-state index contributed by atoms with van der Waals surface area (Å²) >= 11 is 3.33. The molecule has 6 nitrogen and oxygen atoms in total. The Hall–Kier alpha value is -2.93. The molecule has 0 aliphatic heterocycles. The first-order chi connectivity index (χ1) is 11.6. The average molecular weight is 386 g/mol. The second-order valence-electron chi connectivity index (χ2n) is 4.98. The number of carbonyl (C=O) groups is 1. The fourth-order valence-corrected chi connectivity index (χ4v) is 2.66. The molecular formula is C17H12BrN3O3. The van der Waals surface area contributed by atoms with Gasteiger partial charge in [0.25, 0.3) is 11.5 Å². The third-order valence-corrected chi connectivity index (χ3v) is 3.84. The Bertz CT molecular complexity index is 1010. The highest BCUT2D eigenvalue weighted by Gasteiger charge is 2.18. The van der Waals surface area contributed by atoms with Gasteiger partial charge in [0.2, 0.25) is 0 Å². The summed E-state index contributed by atoms with van der Waals surface area (Å²) in [5.41, 5.74) is 2.41. The van der Waals surface area contributed by atoms with Crippen LogP contribution >= 0.6 is 15.9 Å². The normalized spacial score (nSPS) is 11.0. The molecule has 3 N–H and O–H groups in total. The summed E-state index contributed by atoms with van der Waals surface area (Å²) in [4.78, 5) is 26.8. The van der Waals surface area contributed by atoms with Crippen LogP contribution in [-0.2, 0) is 0 Å². The molecule has 0 spiro atoms. The van der Waals surface area contributed by atoms with E-state index in [1.807, 2.05) is 18.2 Å². The molecule has 0 saturated carbocycles. The van der Waals surface area contributed by atoms with E-state index < -0.39 is 11.5 Å². The molecule has 0 unspecified atom stereocenters. The Morgan fingerprint density at radius 1 is 1.21 bits per heavy atom. The number of fused-ring (bicyclic) bond motifs is 1. The Balaban J connectivity index is 1.88. The predicted molar refractivity (Wildman–Crippen MR) is 95.4 cm³/mol. The van der Waals surface area contributed by atoms with Crippen molar-refractivity contribution in [3.05, 3.63) is 74.5 Å². The van der Waals surface area contributed by atoms with E-state index in [1.165, 1.54) is 6.21 Å². The monoisotopic (exact) mass is 385 g/mol. The number of benzene rings is 2. The van der Waals surface area contributed by atoms with Gasteiger partial charge in [0.05, 0.1) is 11.7 Å². The molecule has 3 aromatic rings. The second-order valence-corrected chi connectivity index (χ2v) is 5.89. The lowest BCUT2D eigenvalue weighted by Gasteiger charge is -2.06. The van der Waals surface area contributed by atoms with Crippen molar-refractivity contribution in [1.29, 1.82) is 0 Å². The number of carbonyl (C=O) groups excluding carboxylic acids is 1. The predicted octanol–water partition coefficient (Wildman–Crippen LogP) is 2.76. The van der Waals surface area contributed by atoms with Gasteiger partial charge in [-0.25, -0.2) is 5.43 Å². The smallest absolute Gasteiger partial charge is 0.280 e. The van der Waals surface area contributed by atoms with Crippen LogP contribution < -0.4 is 11.0 Å². The number of rotatable bonds is 3. The lowest BCUT2D eigenvalue weighted by atomic mass is 10.1. The quantitative estimate of drug-likeness (QED) is 0.477. The van der Waals surface area contributed by atoms with Crippen LogP contribution in [0, 0.1) is 0 Å². The molecule has 1 amide bonds. The van der Waals surface area contributed by atoms with Crippen molar-refractivity contribution in [2.24, 2.45) is 5.10 Å². The van der Waals surface area contributed by atoms with Crippen LogP contribution in [0.15, 0.2) is 62.9 Å². The lowest BCUT2D eigenvalue weighted by Crippen LogP contribution is -2.26. The number of hydrazone groups is 1. The summed E-state index contributed by atoms with van der Waals surface area (Å²) in [5, 5.41) is 14.4. The number of aromatic amines is 1. The first kappa shape index (κ1) is 15.9. The van der Waals surface area contributed by atoms with Gasteiger partial charge in [-0.15, -0.1) is 0 Å². The first-order valence-electron chi connectivity index (χ1n) is 6.99. The fourth-order valence-electron chi connectivity index (χ4n) is 2.24. The topological polar surface area (TPSA) is 94.5 Å². The van der Waals surface area contributed by atoms with Gasteiger partial charge in [0.1, 0.15) is 11.3 Å². The third kappa shape index (κ3) is 3.21. The molecule has 7 heteroatoms. The molecule has 120 valence electrons. The van der Waals surface area contributed by atoms with Gasteiger partial charge in [-0.2, -0.15) is 5.10 Å². The zero-order chi connectivity index (χ0) is 17.1. The zero-order valence-corrected chi connectivity index (χ0v) is 13.9. The Kier molecular flexibility index (Phi) is 4.43. The highest BCUT2D eigenvalue weighted by Crippen LogP contribution is 2.24. The zero-order valence-electron chi connectivity index (χ0n) is 12.3. The van der Waals surface area contributed by atoms with Gasteiger partial charge in [0, 0.05) is 9.86 Å². The van der Waals surface area contributed by atoms with Gasteiger partial charge in [-0.3, -0.25) is 9.59 Å². The summed E-state index contributed by atoms with van der Waals surface area (Å²) in [5.74, 6) is -1.16. The van der Waals surface area contributed by atoms with E-state index in [0.717, 1.165) is 10.0 Å². The number of aromatic nitrogens is 1. The van der Waals surface area contributed by atoms with E-state index >= 15 is 0 Å². The van der Waals surface area contributed by atoms with Crippen LogP contribution in [-0.4, -0.2) is 22.2 Å².